The van der Waals surface area contributed by atoms with Gasteiger partial charge in [0.2, 0.25) is 0 Å². The molecule has 3 fully saturated rings. The maximum atomic E-state index is 4.87. The van der Waals surface area contributed by atoms with Gasteiger partial charge in [0.25, 0.3) is 0 Å². The summed E-state index contributed by atoms with van der Waals surface area (Å²) < 4.78 is 0. The van der Waals surface area contributed by atoms with Crippen molar-refractivity contribution in [2.75, 3.05) is 25.4 Å². The molecule has 2 heterocycles. The monoisotopic (exact) mass is 295 g/mol. The Balaban J connectivity index is 1.52. The Hall–Kier alpha value is -0.220. The Morgan fingerprint density at radius 1 is 1.40 bits per heavy atom. The summed E-state index contributed by atoms with van der Waals surface area (Å²) in [6.07, 6.45) is 8.20. The molecule has 0 aromatic heterocycles. The molecule has 3 rings (SSSR count). The zero-order valence-corrected chi connectivity index (χ0v) is 13.8. The summed E-state index contributed by atoms with van der Waals surface area (Å²) in [6.45, 7) is 8.23. The summed E-state index contributed by atoms with van der Waals surface area (Å²) in [5, 5.41) is 4.99. The van der Waals surface area contributed by atoms with E-state index in [0.717, 1.165) is 12.5 Å². The zero-order valence-electron chi connectivity index (χ0n) is 13.0. The second-order valence-corrected chi connectivity index (χ2v) is 8.10. The summed E-state index contributed by atoms with van der Waals surface area (Å²) in [5.74, 6) is 2.11. The summed E-state index contributed by atoms with van der Waals surface area (Å²) in [4.78, 5) is 7.45. The van der Waals surface area contributed by atoms with Crippen LogP contribution in [0.25, 0.3) is 0 Å². The minimum absolute atomic E-state index is 0.373. The molecule has 0 radical (unpaired) electrons. The highest BCUT2D eigenvalue weighted by atomic mass is 32.2. The molecule has 3 atom stereocenters. The molecule has 1 spiro atoms. The lowest BCUT2D eigenvalue weighted by atomic mass is 9.78. The van der Waals surface area contributed by atoms with Crippen LogP contribution in [0.4, 0.5) is 0 Å². The quantitative estimate of drug-likeness (QED) is 0.867. The summed E-state index contributed by atoms with van der Waals surface area (Å²) in [7, 11) is 0. The normalized spacial score (nSPS) is 38.5. The van der Waals surface area contributed by atoms with Crippen LogP contribution in [0.3, 0.4) is 0 Å². The lowest BCUT2D eigenvalue weighted by molar-refractivity contribution is 0.241. The molecule has 20 heavy (non-hydrogen) atoms. The third-order valence-corrected chi connectivity index (χ3v) is 6.41. The Morgan fingerprint density at radius 2 is 2.20 bits per heavy atom. The molecule has 3 nitrogen and oxygen atoms in total. The fraction of sp³-hybridized carbons (Fsp3) is 0.938. The minimum atomic E-state index is 0.373. The fourth-order valence-electron chi connectivity index (χ4n) is 4.01. The molecule has 3 unspecified atom stereocenters. The van der Waals surface area contributed by atoms with Crippen LogP contribution in [-0.4, -0.2) is 47.0 Å². The number of hydrogen-bond acceptors (Lipinski definition) is 3. The van der Waals surface area contributed by atoms with Gasteiger partial charge in [-0.1, -0.05) is 31.5 Å². The van der Waals surface area contributed by atoms with Crippen molar-refractivity contribution in [3.05, 3.63) is 0 Å². The number of hydrogen-bond donors (Lipinski definition) is 1. The smallest absolute Gasteiger partial charge is 0.157 e. The molecule has 0 bridgehead atoms. The third-order valence-electron chi connectivity index (χ3n) is 5.21. The lowest BCUT2D eigenvalue weighted by Crippen LogP contribution is -2.47. The molecule has 4 heteroatoms. The van der Waals surface area contributed by atoms with E-state index >= 15 is 0 Å². The van der Waals surface area contributed by atoms with Crippen LogP contribution in [0, 0.1) is 5.92 Å². The average Bonchev–Trinajstić information content (AvgIpc) is 3.06. The van der Waals surface area contributed by atoms with E-state index in [0.29, 0.717) is 11.6 Å². The highest BCUT2D eigenvalue weighted by Gasteiger charge is 2.40. The van der Waals surface area contributed by atoms with Crippen LogP contribution in [0.5, 0.6) is 0 Å². The van der Waals surface area contributed by atoms with Crippen LogP contribution in [0.2, 0.25) is 0 Å². The van der Waals surface area contributed by atoms with Crippen LogP contribution in [0.1, 0.15) is 52.4 Å². The maximum absolute atomic E-state index is 4.87. The molecular weight excluding hydrogens is 266 g/mol. The van der Waals surface area contributed by atoms with Crippen molar-refractivity contribution in [1.82, 2.24) is 10.2 Å². The van der Waals surface area contributed by atoms with E-state index in [1.54, 1.807) is 0 Å². The van der Waals surface area contributed by atoms with Crippen molar-refractivity contribution >= 4 is 16.9 Å². The summed E-state index contributed by atoms with van der Waals surface area (Å²) in [5.41, 5.74) is 0.373. The number of thioether (sulfide) groups is 1. The minimum Gasteiger partial charge on any atom is -0.359 e. The number of likely N-dealkylation sites (tertiary alicyclic amines) is 1. The molecule has 114 valence electrons. The molecule has 0 aromatic carbocycles. The molecule has 1 aliphatic carbocycles. The van der Waals surface area contributed by atoms with Crippen molar-refractivity contribution in [1.29, 1.82) is 0 Å². The van der Waals surface area contributed by atoms with Gasteiger partial charge in [0.05, 0.1) is 6.54 Å². The first-order valence-corrected chi connectivity index (χ1v) is 9.35. The van der Waals surface area contributed by atoms with Gasteiger partial charge >= 0.3 is 0 Å². The average molecular weight is 295 g/mol. The van der Waals surface area contributed by atoms with Crippen LogP contribution in [-0.2, 0) is 0 Å². The van der Waals surface area contributed by atoms with Gasteiger partial charge in [0.1, 0.15) is 0 Å². The van der Waals surface area contributed by atoms with Crippen LogP contribution >= 0.6 is 11.8 Å². The zero-order chi connectivity index (χ0) is 14.0. The van der Waals surface area contributed by atoms with Crippen molar-refractivity contribution in [3.8, 4) is 0 Å². The van der Waals surface area contributed by atoms with Gasteiger partial charge in [-0.25, -0.2) is 0 Å². The topological polar surface area (TPSA) is 27.6 Å². The Kier molecular flexibility index (Phi) is 4.61. The number of nitrogens with zero attached hydrogens (tertiary/aromatic N) is 2. The fourth-order valence-corrected chi connectivity index (χ4v) is 5.21. The van der Waals surface area contributed by atoms with E-state index in [1.165, 1.54) is 62.5 Å². The van der Waals surface area contributed by atoms with E-state index in [1.807, 2.05) is 11.8 Å². The van der Waals surface area contributed by atoms with Crippen LogP contribution < -0.4 is 5.32 Å². The maximum Gasteiger partial charge on any atom is 0.157 e. The van der Waals surface area contributed by atoms with E-state index < -0.39 is 0 Å². The molecule has 0 aromatic rings. The molecule has 3 aliphatic rings. The third kappa shape index (κ3) is 3.33. The molecule has 0 amide bonds. The van der Waals surface area contributed by atoms with Crippen LogP contribution in [0.15, 0.2) is 4.99 Å². The Morgan fingerprint density at radius 3 is 2.95 bits per heavy atom. The molecule has 1 N–H and O–H groups in total. The highest BCUT2D eigenvalue weighted by Crippen LogP contribution is 2.38. The van der Waals surface area contributed by atoms with Crippen molar-refractivity contribution in [3.63, 3.8) is 0 Å². The Bertz CT molecular complexity index is 365. The molecule has 1 saturated carbocycles. The van der Waals surface area contributed by atoms with Gasteiger partial charge in [0.15, 0.2) is 5.17 Å². The standard InChI is InChI=1S/C16H29N3S/c1-13-6-5-7-16(10-13)12-20-15(18-16)17-11-14(2)19-8-3-4-9-19/h13-14H,3-12H2,1-2H3,(H,17,18). The second-order valence-electron chi connectivity index (χ2n) is 7.13. The number of amidine groups is 1. The van der Waals surface area contributed by atoms with E-state index in [-0.39, 0.29) is 0 Å². The predicted octanol–water partition coefficient (Wildman–Crippen LogP) is 3.11. The predicted molar refractivity (Wildman–Crippen MR) is 88.5 cm³/mol. The second kappa shape index (κ2) is 6.27. The largest absolute Gasteiger partial charge is 0.359 e. The molecule has 2 saturated heterocycles. The number of rotatable bonds is 3. The number of nitrogens with one attached hydrogen (secondary N) is 1. The van der Waals surface area contributed by atoms with Gasteiger partial charge < -0.3 is 5.32 Å². The van der Waals surface area contributed by atoms with Gasteiger partial charge in [-0.2, -0.15) is 0 Å². The summed E-state index contributed by atoms with van der Waals surface area (Å²) in [6, 6.07) is 0.606. The van der Waals surface area contributed by atoms with Gasteiger partial charge in [-0.15, -0.1) is 0 Å². The van der Waals surface area contributed by atoms with Gasteiger partial charge in [-0.05, 0) is 51.6 Å². The number of aliphatic imine (C=N–C) groups is 1. The van der Waals surface area contributed by atoms with E-state index in [4.69, 9.17) is 4.99 Å². The van der Waals surface area contributed by atoms with Gasteiger partial charge in [-0.3, -0.25) is 9.89 Å². The first-order valence-electron chi connectivity index (χ1n) is 8.36. The first-order chi connectivity index (χ1) is 9.67. The van der Waals surface area contributed by atoms with Crippen molar-refractivity contribution < 1.29 is 0 Å². The molecule has 2 aliphatic heterocycles. The Labute approximate surface area is 128 Å². The van der Waals surface area contributed by atoms with Gasteiger partial charge in [0, 0.05) is 17.3 Å². The first kappa shape index (κ1) is 14.7. The SMILES string of the molecule is CC1CCCC2(CSC(=NCC(C)N3CCCC3)N2)C1. The highest BCUT2D eigenvalue weighted by molar-refractivity contribution is 8.14. The molecular formula is C16H29N3S. The van der Waals surface area contributed by atoms with E-state index in [2.05, 4.69) is 24.1 Å². The summed E-state index contributed by atoms with van der Waals surface area (Å²) >= 11 is 1.95. The lowest BCUT2D eigenvalue weighted by Gasteiger charge is -2.36. The van der Waals surface area contributed by atoms with Crippen molar-refractivity contribution in [2.45, 2.75) is 64.0 Å². The van der Waals surface area contributed by atoms with E-state index in [9.17, 15) is 0 Å². The van der Waals surface area contributed by atoms with Crippen molar-refractivity contribution in [2.24, 2.45) is 10.9 Å².